The number of esters is 1. The molecule has 166 valence electrons. The van der Waals surface area contributed by atoms with Crippen LogP contribution < -0.4 is 14.5 Å². The van der Waals surface area contributed by atoms with Crippen molar-refractivity contribution >= 4 is 45.4 Å². The first kappa shape index (κ1) is 24.2. The summed E-state index contributed by atoms with van der Waals surface area (Å²) in [6, 6.07) is 11.3. The molecule has 0 heterocycles. The van der Waals surface area contributed by atoms with Gasteiger partial charge in [0.1, 0.15) is 12.3 Å². The molecular formula is C20H22ClN3O6S. The van der Waals surface area contributed by atoms with Crippen LogP contribution in [0.2, 0.25) is 5.02 Å². The van der Waals surface area contributed by atoms with E-state index in [0.29, 0.717) is 27.6 Å². The third-order valence-corrected chi connectivity index (χ3v) is 5.34. The minimum Gasteiger partial charge on any atom is -0.482 e. The standard InChI is InChI=1S/C20H22ClN3O6S/c1-14-10-16(21)6-9-18(14)24(31(3,27)28)12-19(25)23-22-11-15-4-7-17(8-5-15)30-13-20(26)29-2/h4-11H,12-13H2,1-3H3,(H,23,25)/b22-11-. The summed E-state index contributed by atoms with van der Waals surface area (Å²) < 4.78 is 35.1. The fourth-order valence-corrected chi connectivity index (χ4v) is 3.62. The number of rotatable bonds is 9. The topological polar surface area (TPSA) is 114 Å². The molecule has 1 N–H and O–H groups in total. The molecule has 0 saturated heterocycles. The molecule has 2 aromatic carbocycles. The summed E-state index contributed by atoms with van der Waals surface area (Å²) in [7, 11) is -2.44. The van der Waals surface area contributed by atoms with Crippen LogP contribution in [0, 0.1) is 6.92 Å². The fraction of sp³-hybridized carbons (Fsp3) is 0.250. The number of nitrogens with one attached hydrogen (secondary N) is 1. The lowest BCUT2D eigenvalue weighted by molar-refractivity contribution is -0.142. The van der Waals surface area contributed by atoms with Crippen molar-refractivity contribution in [3.63, 3.8) is 0 Å². The summed E-state index contributed by atoms with van der Waals surface area (Å²) >= 11 is 5.92. The van der Waals surface area contributed by atoms with Crippen LogP contribution in [-0.2, 0) is 24.3 Å². The highest BCUT2D eigenvalue weighted by molar-refractivity contribution is 7.92. The summed E-state index contributed by atoms with van der Waals surface area (Å²) in [5.41, 5.74) is 3.92. The van der Waals surface area contributed by atoms with Crippen LogP contribution in [0.1, 0.15) is 11.1 Å². The van der Waals surface area contributed by atoms with Crippen LogP contribution in [0.15, 0.2) is 47.6 Å². The van der Waals surface area contributed by atoms with Gasteiger partial charge in [0.05, 0.1) is 25.3 Å². The van der Waals surface area contributed by atoms with Crippen molar-refractivity contribution in [2.24, 2.45) is 5.10 Å². The van der Waals surface area contributed by atoms with Crippen LogP contribution in [0.4, 0.5) is 5.69 Å². The van der Waals surface area contributed by atoms with Gasteiger partial charge in [-0.1, -0.05) is 11.6 Å². The number of halogens is 1. The predicted molar refractivity (Wildman–Crippen MR) is 118 cm³/mol. The molecule has 0 bridgehead atoms. The van der Waals surface area contributed by atoms with Crippen LogP contribution in [0.5, 0.6) is 5.75 Å². The quantitative estimate of drug-likeness (QED) is 0.343. The van der Waals surface area contributed by atoms with Gasteiger partial charge in [0, 0.05) is 5.02 Å². The molecule has 0 radical (unpaired) electrons. The van der Waals surface area contributed by atoms with Gasteiger partial charge in [-0.15, -0.1) is 0 Å². The van der Waals surface area contributed by atoms with Crippen molar-refractivity contribution in [3.8, 4) is 5.75 Å². The van der Waals surface area contributed by atoms with E-state index in [4.69, 9.17) is 16.3 Å². The van der Waals surface area contributed by atoms with Gasteiger partial charge >= 0.3 is 5.97 Å². The van der Waals surface area contributed by atoms with E-state index in [2.05, 4.69) is 15.3 Å². The number of nitrogens with zero attached hydrogens (tertiary/aromatic N) is 2. The van der Waals surface area contributed by atoms with Crippen molar-refractivity contribution < 1.29 is 27.5 Å². The third-order valence-electron chi connectivity index (χ3n) is 3.98. The Hall–Kier alpha value is -3.11. The Morgan fingerprint density at radius 3 is 2.45 bits per heavy atom. The lowest BCUT2D eigenvalue weighted by Crippen LogP contribution is -2.39. The number of amides is 1. The first-order valence-electron chi connectivity index (χ1n) is 8.95. The number of ether oxygens (including phenoxy) is 2. The van der Waals surface area contributed by atoms with Gasteiger partial charge in [-0.05, 0) is 60.5 Å². The second-order valence-electron chi connectivity index (χ2n) is 6.43. The van der Waals surface area contributed by atoms with E-state index >= 15 is 0 Å². The molecular weight excluding hydrogens is 446 g/mol. The maximum absolute atomic E-state index is 12.3. The minimum atomic E-state index is -3.71. The summed E-state index contributed by atoms with van der Waals surface area (Å²) in [4.78, 5) is 23.3. The molecule has 2 rings (SSSR count). The number of hydrogen-bond donors (Lipinski definition) is 1. The molecule has 0 aliphatic rings. The number of hydrazone groups is 1. The largest absolute Gasteiger partial charge is 0.482 e. The van der Waals surface area contributed by atoms with Crippen molar-refractivity contribution in [1.29, 1.82) is 0 Å². The van der Waals surface area contributed by atoms with Crippen LogP contribution in [0.25, 0.3) is 0 Å². The van der Waals surface area contributed by atoms with E-state index in [1.807, 2.05) is 0 Å². The summed E-state index contributed by atoms with van der Waals surface area (Å²) in [6.45, 7) is 1.05. The molecule has 0 saturated carbocycles. The van der Waals surface area contributed by atoms with E-state index in [-0.39, 0.29) is 6.61 Å². The number of aryl methyl sites for hydroxylation is 1. The molecule has 9 nitrogen and oxygen atoms in total. The SMILES string of the molecule is COC(=O)COc1ccc(/C=N\NC(=O)CN(c2ccc(Cl)cc2C)S(C)(=O)=O)cc1. The second kappa shape index (κ2) is 10.8. The van der Waals surface area contributed by atoms with Gasteiger partial charge in [0.25, 0.3) is 5.91 Å². The molecule has 0 aromatic heterocycles. The zero-order valence-corrected chi connectivity index (χ0v) is 18.7. The Balaban J connectivity index is 1.99. The number of methoxy groups -OCH3 is 1. The molecule has 11 heteroatoms. The maximum Gasteiger partial charge on any atom is 0.343 e. The predicted octanol–water partition coefficient (Wildman–Crippen LogP) is 2.12. The molecule has 31 heavy (non-hydrogen) atoms. The van der Waals surface area contributed by atoms with Crippen molar-refractivity contribution in [2.75, 3.05) is 30.8 Å². The van der Waals surface area contributed by atoms with E-state index < -0.39 is 28.4 Å². The van der Waals surface area contributed by atoms with Gasteiger partial charge in [0.2, 0.25) is 10.0 Å². The summed E-state index contributed by atoms with van der Waals surface area (Å²) in [5, 5.41) is 4.31. The highest BCUT2D eigenvalue weighted by Crippen LogP contribution is 2.25. The first-order valence-corrected chi connectivity index (χ1v) is 11.2. The van der Waals surface area contributed by atoms with Gasteiger partial charge in [-0.25, -0.2) is 18.6 Å². The lowest BCUT2D eigenvalue weighted by atomic mass is 10.2. The Labute approximate surface area is 185 Å². The number of sulfonamides is 1. The monoisotopic (exact) mass is 467 g/mol. The van der Waals surface area contributed by atoms with Crippen molar-refractivity contribution in [2.45, 2.75) is 6.92 Å². The average molecular weight is 468 g/mol. The van der Waals surface area contributed by atoms with Crippen molar-refractivity contribution in [1.82, 2.24) is 5.43 Å². The molecule has 0 unspecified atom stereocenters. The average Bonchev–Trinajstić information content (AvgIpc) is 2.71. The maximum atomic E-state index is 12.3. The molecule has 1 amide bonds. The highest BCUT2D eigenvalue weighted by Gasteiger charge is 2.22. The fourth-order valence-electron chi connectivity index (χ4n) is 2.48. The van der Waals surface area contributed by atoms with Crippen LogP contribution in [-0.4, -0.2) is 53.0 Å². The molecule has 0 aliphatic carbocycles. The van der Waals surface area contributed by atoms with E-state index in [1.54, 1.807) is 49.4 Å². The smallest absolute Gasteiger partial charge is 0.343 e. The Morgan fingerprint density at radius 2 is 1.87 bits per heavy atom. The molecule has 0 fully saturated rings. The first-order chi connectivity index (χ1) is 14.6. The summed E-state index contributed by atoms with van der Waals surface area (Å²) in [5.74, 6) is -0.645. The van der Waals surface area contributed by atoms with Crippen molar-refractivity contribution in [3.05, 3.63) is 58.6 Å². The normalized spacial score (nSPS) is 11.2. The number of benzene rings is 2. The van der Waals surface area contributed by atoms with Gasteiger partial charge in [0.15, 0.2) is 6.61 Å². The van der Waals surface area contributed by atoms with E-state index in [9.17, 15) is 18.0 Å². The Morgan fingerprint density at radius 1 is 1.19 bits per heavy atom. The van der Waals surface area contributed by atoms with E-state index in [1.165, 1.54) is 13.3 Å². The summed E-state index contributed by atoms with van der Waals surface area (Å²) in [6.07, 6.45) is 2.40. The zero-order valence-electron chi connectivity index (χ0n) is 17.2. The third kappa shape index (κ3) is 7.58. The minimum absolute atomic E-state index is 0.204. The zero-order chi connectivity index (χ0) is 23.0. The Bertz CT molecular complexity index is 1070. The molecule has 2 aromatic rings. The molecule has 0 atom stereocenters. The lowest BCUT2D eigenvalue weighted by Gasteiger charge is -2.23. The van der Waals surface area contributed by atoms with Gasteiger partial charge in [-0.2, -0.15) is 5.10 Å². The highest BCUT2D eigenvalue weighted by atomic mass is 35.5. The van der Waals surface area contributed by atoms with Gasteiger partial charge < -0.3 is 9.47 Å². The van der Waals surface area contributed by atoms with Gasteiger partial charge in [-0.3, -0.25) is 9.10 Å². The van der Waals surface area contributed by atoms with Crippen LogP contribution >= 0.6 is 11.6 Å². The number of carbonyl (C=O) groups excluding carboxylic acids is 2. The second-order valence-corrected chi connectivity index (χ2v) is 8.77. The number of hydrogen-bond acceptors (Lipinski definition) is 7. The Kier molecular flexibility index (Phi) is 8.40. The number of carbonyl (C=O) groups is 2. The molecule has 0 aliphatic heterocycles. The van der Waals surface area contributed by atoms with Crippen LogP contribution in [0.3, 0.4) is 0 Å². The number of anilines is 1. The van der Waals surface area contributed by atoms with E-state index in [0.717, 1.165) is 10.6 Å². The molecule has 0 spiro atoms.